The number of hydrogen-bond acceptors (Lipinski definition) is 2. The minimum Gasteiger partial charge on any atom is -0.288 e. The third kappa shape index (κ3) is 0.872. The molecular weight excluding hydrogens is 140 g/mol. The maximum Gasteiger partial charge on any atom is 0.241 e. The van der Waals surface area contributed by atoms with Gasteiger partial charge in [-0.05, 0) is 27.7 Å². The molecule has 0 bridgehead atoms. The fourth-order valence-electron chi connectivity index (χ4n) is 1.13. The maximum atomic E-state index is 11.4. The average molecular weight is 156 g/mol. The minimum absolute atomic E-state index is 0.102. The zero-order valence-electron chi connectivity index (χ0n) is 7.86. The Kier molecular flexibility index (Phi) is 1.53. The van der Waals surface area contributed by atoms with Gasteiger partial charge in [0.2, 0.25) is 5.91 Å². The van der Waals surface area contributed by atoms with Crippen LogP contribution in [-0.4, -0.2) is 23.5 Å². The number of hydrogen-bond donors (Lipinski definition) is 1. The molecule has 0 atom stereocenters. The summed E-state index contributed by atoms with van der Waals surface area (Å²) in [6, 6.07) is 0. The van der Waals surface area contributed by atoms with Crippen molar-refractivity contribution in [2.45, 2.75) is 33.2 Å². The number of carbonyl (C=O) groups excluding carboxylic acids is 1. The van der Waals surface area contributed by atoms with Crippen LogP contribution in [0.25, 0.3) is 0 Å². The minimum atomic E-state index is -0.304. The van der Waals surface area contributed by atoms with Crippen molar-refractivity contribution < 1.29 is 4.79 Å². The van der Waals surface area contributed by atoms with Crippen LogP contribution in [0.1, 0.15) is 27.7 Å². The van der Waals surface area contributed by atoms with E-state index in [1.807, 2.05) is 25.9 Å². The molecule has 3 nitrogen and oxygen atoms in total. The average Bonchev–Trinajstić information content (AvgIpc) is 1.95. The molecule has 0 unspecified atom stereocenters. The molecule has 1 saturated heterocycles. The van der Waals surface area contributed by atoms with E-state index in [9.17, 15) is 4.79 Å². The van der Waals surface area contributed by atoms with E-state index in [1.54, 1.807) is 0 Å². The van der Waals surface area contributed by atoms with Crippen LogP contribution >= 0.6 is 0 Å². The normalized spacial score (nSPS) is 28.6. The number of rotatable bonds is 0. The van der Waals surface area contributed by atoms with E-state index in [0.29, 0.717) is 0 Å². The van der Waals surface area contributed by atoms with Crippen molar-refractivity contribution in [3.8, 4) is 0 Å². The van der Waals surface area contributed by atoms with Gasteiger partial charge in [-0.25, -0.2) is 5.01 Å². The van der Waals surface area contributed by atoms with Crippen LogP contribution in [0.2, 0.25) is 0 Å². The molecule has 0 radical (unpaired) electrons. The smallest absolute Gasteiger partial charge is 0.241 e. The van der Waals surface area contributed by atoms with Crippen LogP contribution < -0.4 is 5.43 Å². The van der Waals surface area contributed by atoms with Crippen molar-refractivity contribution in [3.05, 3.63) is 0 Å². The van der Waals surface area contributed by atoms with E-state index in [4.69, 9.17) is 0 Å². The van der Waals surface area contributed by atoms with Crippen molar-refractivity contribution >= 4 is 5.91 Å². The van der Waals surface area contributed by atoms with Crippen LogP contribution in [0, 0.1) is 5.41 Å². The van der Waals surface area contributed by atoms with E-state index in [1.165, 1.54) is 0 Å². The molecule has 64 valence electrons. The molecule has 1 N–H and O–H groups in total. The Bertz CT molecular complexity index is 196. The van der Waals surface area contributed by atoms with E-state index >= 15 is 0 Å². The van der Waals surface area contributed by atoms with Crippen molar-refractivity contribution in [1.29, 1.82) is 0 Å². The molecule has 0 aliphatic carbocycles. The second kappa shape index (κ2) is 1.97. The first kappa shape index (κ1) is 8.53. The van der Waals surface area contributed by atoms with Gasteiger partial charge < -0.3 is 0 Å². The van der Waals surface area contributed by atoms with E-state index < -0.39 is 0 Å². The van der Waals surface area contributed by atoms with Crippen molar-refractivity contribution in [2.75, 3.05) is 7.05 Å². The van der Waals surface area contributed by atoms with Crippen molar-refractivity contribution in [2.24, 2.45) is 5.41 Å². The first-order valence-corrected chi connectivity index (χ1v) is 3.85. The summed E-state index contributed by atoms with van der Waals surface area (Å²) in [5.74, 6) is 0.102. The van der Waals surface area contributed by atoms with Gasteiger partial charge in [-0.3, -0.25) is 10.2 Å². The van der Waals surface area contributed by atoms with Gasteiger partial charge in [0, 0.05) is 12.6 Å². The third-order valence-electron chi connectivity index (χ3n) is 3.20. The highest BCUT2D eigenvalue weighted by Gasteiger charge is 2.52. The third-order valence-corrected chi connectivity index (χ3v) is 3.20. The van der Waals surface area contributed by atoms with Crippen molar-refractivity contribution in [1.82, 2.24) is 10.4 Å². The second-order valence-corrected chi connectivity index (χ2v) is 4.18. The summed E-state index contributed by atoms with van der Waals surface area (Å²) in [6.07, 6.45) is 0. The molecule has 1 amide bonds. The van der Waals surface area contributed by atoms with Crippen LogP contribution in [0.5, 0.6) is 0 Å². The Morgan fingerprint density at radius 2 is 1.73 bits per heavy atom. The second-order valence-electron chi connectivity index (χ2n) is 4.18. The molecule has 1 aliphatic rings. The molecule has 0 aromatic carbocycles. The number of nitrogens with zero attached hydrogens (tertiary/aromatic N) is 1. The summed E-state index contributed by atoms with van der Waals surface area (Å²) in [6.45, 7) is 8.05. The molecular formula is C8H16N2O. The largest absolute Gasteiger partial charge is 0.288 e. The lowest BCUT2D eigenvalue weighted by atomic mass is 9.75. The SMILES string of the molecule is CN1NC(=O)C(C)(C)C1(C)C. The highest BCUT2D eigenvalue weighted by Crippen LogP contribution is 2.38. The summed E-state index contributed by atoms with van der Waals surface area (Å²) < 4.78 is 0. The quantitative estimate of drug-likeness (QED) is 0.562. The van der Waals surface area contributed by atoms with E-state index in [-0.39, 0.29) is 16.9 Å². The van der Waals surface area contributed by atoms with E-state index in [0.717, 1.165) is 0 Å². The summed E-state index contributed by atoms with van der Waals surface area (Å²) >= 11 is 0. The fourth-order valence-corrected chi connectivity index (χ4v) is 1.13. The molecule has 0 saturated carbocycles. The number of nitrogens with one attached hydrogen (secondary N) is 1. The molecule has 1 aliphatic heterocycles. The van der Waals surface area contributed by atoms with Gasteiger partial charge >= 0.3 is 0 Å². The molecule has 1 heterocycles. The molecule has 3 heteroatoms. The summed E-state index contributed by atoms with van der Waals surface area (Å²) in [7, 11) is 1.90. The molecule has 0 aromatic heterocycles. The topological polar surface area (TPSA) is 32.3 Å². The monoisotopic (exact) mass is 156 g/mol. The highest BCUT2D eigenvalue weighted by molar-refractivity contribution is 5.85. The van der Waals surface area contributed by atoms with Gasteiger partial charge in [0.15, 0.2) is 0 Å². The van der Waals surface area contributed by atoms with E-state index in [2.05, 4.69) is 19.3 Å². The Hall–Kier alpha value is -0.570. The number of carbonyl (C=O) groups is 1. The highest BCUT2D eigenvalue weighted by atomic mass is 16.2. The Labute approximate surface area is 67.7 Å². The van der Waals surface area contributed by atoms with Crippen molar-refractivity contribution in [3.63, 3.8) is 0 Å². The standard InChI is InChI=1S/C8H16N2O/c1-7(2)6(11)9-10(5)8(7,3)4/h1-5H3,(H,9,11). The Morgan fingerprint density at radius 1 is 1.27 bits per heavy atom. The first-order valence-electron chi connectivity index (χ1n) is 3.85. The predicted octanol–water partition coefficient (Wildman–Crippen LogP) is 0.768. The first-order chi connectivity index (χ1) is 4.80. The molecule has 0 spiro atoms. The predicted molar refractivity (Wildman–Crippen MR) is 43.8 cm³/mol. The number of amides is 1. The van der Waals surface area contributed by atoms with Crippen LogP contribution in [0.3, 0.4) is 0 Å². The molecule has 1 rings (SSSR count). The lowest BCUT2D eigenvalue weighted by molar-refractivity contribution is -0.127. The van der Waals surface area contributed by atoms with Gasteiger partial charge in [-0.15, -0.1) is 0 Å². The van der Waals surface area contributed by atoms with Gasteiger partial charge in [-0.1, -0.05) is 0 Å². The zero-order chi connectivity index (χ0) is 8.86. The van der Waals surface area contributed by atoms with Crippen LogP contribution in [0.4, 0.5) is 0 Å². The lowest BCUT2D eigenvalue weighted by Crippen LogP contribution is -2.46. The van der Waals surface area contributed by atoms with Crippen LogP contribution in [0.15, 0.2) is 0 Å². The zero-order valence-corrected chi connectivity index (χ0v) is 7.86. The fraction of sp³-hybridized carbons (Fsp3) is 0.875. The summed E-state index contributed by atoms with van der Waals surface area (Å²) in [5, 5.41) is 1.87. The molecule has 1 fully saturated rings. The van der Waals surface area contributed by atoms with Gasteiger partial charge in [0.05, 0.1) is 5.41 Å². The van der Waals surface area contributed by atoms with Gasteiger partial charge in [-0.2, -0.15) is 0 Å². The van der Waals surface area contributed by atoms with Gasteiger partial charge in [0.1, 0.15) is 0 Å². The molecule has 11 heavy (non-hydrogen) atoms. The summed E-state index contributed by atoms with van der Waals surface area (Å²) in [4.78, 5) is 11.4. The number of hydrazine groups is 1. The Balaban J connectivity index is 3.04. The lowest BCUT2D eigenvalue weighted by Gasteiger charge is -2.35. The molecule has 0 aromatic rings. The summed E-state index contributed by atoms with van der Waals surface area (Å²) in [5.41, 5.74) is 2.38. The Morgan fingerprint density at radius 3 is 1.82 bits per heavy atom. The van der Waals surface area contributed by atoms with Crippen LogP contribution in [-0.2, 0) is 4.79 Å². The van der Waals surface area contributed by atoms with Gasteiger partial charge in [0.25, 0.3) is 0 Å². The maximum absolute atomic E-state index is 11.4.